The number of ether oxygens (including phenoxy) is 2. The van der Waals surface area contributed by atoms with E-state index in [1.807, 2.05) is 0 Å². The molecule has 0 atom stereocenters. The molecule has 1 aromatic rings. The third-order valence-corrected chi connectivity index (χ3v) is 5.45. The molecule has 1 aromatic carbocycles. The molecule has 154 valence electrons. The highest BCUT2D eigenvalue weighted by atomic mass is 32.2. The largest absolute Gasteiger partial charge is 0.466 e. The summed E-state index contributed by atoms with van der Waals surface area (Å²) in [5.74, 6) is -0.806. The number of amides is 2. The summed E-state index contributed by atoms with van der Waals surface area (Å²) in [7, 11) is 1.27. The fraction of sp³-hybridized carbons (Fsp3) is 0.400. The van der Waals surface area contributed by atoms with Gasteiger partial charge in [-0.2, -0.15) is 0 Å². The molecule has 3 rings (SSSR count). The lowest BCUT2D eigenvalue weighted by molar-refractivity contribution is -0.134. The number of carbonyl (C=O) groups is 4. The number of esters is 2. The standard InChI is InChI=1S/C20H22N2O6S/c1-27-18(24)11-17-22(16(23)12-29-17)8-3-9-28-20(26)14-4-2-5-15(10-14)21-19(25)13-6-7-13/h2,4-5,10-11,13H,3,6-9,12H2,1H3,(H,21,25)/b17-11+. The Labute approximate surface area is 172 Å². The van der Waals surface area contributed by atoms with E-state index >= 15 is 0 Å². The lowest BCUT2D eigenvalue weighted by atomic mass is 10.2. The first-order valence-corrected chi connectivity index (χ1v) is 10.3. The van der Waals surface area contributed by atoms with Crippen LogP contribution in [0.15, 0.2) is 35.4 Å². The maximum atomic E-state index is 12.2. The van der Waals surface area contributed by atoms with Crippen molar-refractivity contribution in [3.63, 3.8) is 0 Å². The summed E-state index contributed by atoms with van der Waals surface area (Å²) in [5.41, 5.74) is 0.909. The molecule has 0 radical (unpaired) electrons. The van der Waals surface area contributed by atoms with Gasteiger partial charge in [0, 0.05) is 18.2 Å². The number of benzene rings is 1. The van der Waals surface area contributed by atoms with Crippen LogP contribution in [0, 0.1) is 5.92 Å². The zero-order valence-corrected chi connectivity index (χ0v) is 16.8. The maximum absolute atomic E-state index is 12.2. The van der Waals surface area contributed by atoms with Crippen molar-refractivity contribution in [2.75, 3.05) is 31.3 Å². The fourth-order valence-electron chi connectivity index (χ4n) is 2.71. The first-order valence-electron chi connectivity index (χ1n) is 9.29. The molecule has 1 aliphatic heterocycles. The molecule has 0 spiro atoms. The molecule has 2 amide bonds. The van der Waals surface area contributed by atoms with Crippen LogP contribution < -0.4 is 5.32 Å². The van der Waals surface area contributed by atoms with Crippen molar-refractivity contribution >= 4 is 41.2 Å². The highest BCUT2D eigenvalue weighted by molar-refractivity contribution is 8.04. The predicted molar refractivity (Wildman–Crippen MR) is 107 cm³/mol. The fourth-order valence-corrected chi connectivity index (χ4v) is 3.67. The van der Waals surface area contributed by atoms with Crippen molar-refractivity contribution in [3.8, 4) is 0 Å². The van der Waals surface area contributed by atoms with Gasteiger partial charge in [0.1, 0.15) is 0 Å². The Kier molecular flexibility index (Phi) is 6.92. The van der Waals surface area contributed by atoms with Crippen molar-refractivity contribution in [2.24, 2.45) is 5.92 Å². The van der Waals surface area contributed by atoms with Gasteiger partial charge in [-0.15, -0.1) is 0 Å². The highest BCUT2D eigenvalue weighted by Gasteiger charge is 2.29. The van der Waals surface area contributed by atoms with E-state index in [4.69, 9.17) is 4.74 Å². The van der Waals surface area contributed by atoms with Crippen molar-refractivity contribution in [1.82, 2.24) is 4.90 Å². The van der Waals surface area contributed by atoms with Crippen LogP contribution >= 0.6 is 11.8 Å². The Bertz CT molecular complexity index is 849. The molecule has 2 aliphatic rings. The minimum Gasteiger partial charge on any atom is -0.466 e. The van der Waals surface area contributed by atoms with E-state index in [1.54, 1.807) is 24.3 Å². The van der Waals surface area contributed by atoms with E-state index in [2.05, 4.69) is 10.1 Å². The molecule has 29 heavy (non-hydrogen) atoms. The zero-order chi connectivity index (χ0) is 20.8. The topological polar surface area (TPSA) is 102 Å². The average Bonchev–Trinajstić information content (AvgIpc) is 3.51. The second kappa shape index (κ2) is 9.60. The first-order chi connectivity index (χ1) is 14.0. The first kappa shape index (κ1) is 20.9. The normalized spacial score (nSPS) is 17.3. The Morgan fingerprint density at radius 2 is 2.10 bits per heavy atom. The monoisotopic (exact) mass is 418 g/mol. The molecule has 9 heteroatoms. The molecule has 8 nitrogen and oxygen atoms in total. The van der Waals surface area contributed by atoms with Gasteiger partial charge in [0.25, 0.3) is 0 Å². The maximum Gasteiger partial charge on any atom is 0.338 e. The van der Waals surface area contributed by atoms with Gasteiger partial charge in [-0.25, -0.2) is 9.59 Å². The molecule has 0 unspecified atom stereocenters. The number of thioether (sulfide) groups is 1. The van der Waals surface area contributed by atoms with Gasteiger partial charge in [-0.05, 0) is 37.5 Å². The second-order valence-electron chi connectivity index (χ2n) is 6.67. The second-order valence-corrected chi connectivity index (χ2v) is 7.67. The van der Waals surface area contributed by atoms with Gasteiger partial charge < -0.3 is 19.7 Å². The molecule has 1 N–H and O–H groups in total. The van der Waals surface area contributed by atoms with Crippen LogP contribution in [-0.4, -0.2) is 54.7 Å². The minimum absolute atomic E-state index is 0.0283. The van der Waals surface area contributed by atoms with Crippen LogP contribution in [0.25, 0.3) is 0 Å². The molecular formula is C20H22N2O6S. The third-order valence-electron chi connectivity index (χ3n) is 4.43. The van der Waals surface area contributed by atoms with Gasteiger partial charge in [0.2, 0.25) is 11.8 Å². The summed E-state index contributed by atoms with van der Waals surface area (Å²) in [6.45, 7) is 0.455. The number of anilines is 1. The Hall–Kier alpha value is -2.81. The Morgan fingerprint density at radius 3 is 2.83 bits per heavy atom. The van der Waals surface area contributed by atoms with Crippen LogP contribution in [-0.2, 0) is 23.9 Å². The van der Waals surface area contributed by atoms with Crippen molar-refractivity contribution in [2.45, 2.75) is 19.3 Å². The zero-order valence-electron chi connectivity index (χ0n) is 16.0. The quantitative estimate of drug-likeness (QED) is 0.392. The van der Waals surface area contributed by atoms with E-state index < -0.39 is 11.9 Å². The third kappa shape index (κ3) is 5.83. The molecular weight excluding hydrogens is 396 g/mol. The number of nitrogens with zero attached hydrogens (tertiary/aromatic N) is 1. The number of hydrogen-bond acceptors (Lipinski definition) is 7. The smallest absolute Gasteiger partial charge is 0.338 e. The number of carbonyl (C=O) groups excluding carboxylic acids is 4. The lowest BCUT2D eigenvalue weighted by Crippen LogP contribution is -2.27. The summed E-state index contributed by atoms with van der Waals surface area (Å²) in [6, 6.07) is 6.61. The highest BCUT2D eigenvalue weighted by Crippen LogP contribution is 2.30. The van der Waals surface area contributed by atoms with Crippen LogP contribution in [0.5, 0.6) is 0 Å². The summed E-state index contributed by atoms with van der Waals surface area (Å²) in [5, 5.41) is 3.33. The summed E-state index contributed by atoms with van der Waals surface area (Å²) < 4.78 is 9.86. The molecule has 1 aliphatic carbocycles. The van der Waals surface area contributed by atoms with Crippen LogP contribution in [0.4, 0.5) is 5.69 Å². The Morgan fingerprint density at radius 1 is 1.31 bits per heavy atom. The molecule has 0 bridgehead atoms. The summed E-state index contributed by atoms with van der Waals surface area (Å²) >= 11 is 1.27. The van der Waals surface area contributed by atoms with E-state index in [0.717, 1.165) is 12.8 Å². The SMILES string of the molecule is COC(=O)/C=C1/SCC(=O)N1CCCOC(=O)c1cccc(NC(=O)C2CC2)c1. The van der Waals surface area contributed by atoms with Crippen molar-refractivity contribution < 1.29 is 28.7 Å². The molecule has 1 saturated heterocycles. The molecule has 2 fully saturated rings. The van der Waals surface area contributed by atoms with Gasteiger partial charge in [-0.3, -0.25) is 9.59 Å². The summed E-state index contributed by atoms with van der Waals surface area (Å²) in [6.07, 6.45) is 3.52. The van der Waals surface area contributed by atoms with Crippen LogP contribution in [0.3, 0.4) is 0 Å². The van der Waals surface area contributed by atoms with E-state index in [9.17, 15) is 19.2 Å². The van der Waals surface area contributed by atoms with Crippen molar-refractivity contribution in [3.05, 3.63) is 40.9 Å². The van der Waals surface area contributed by atoms with E-state index in [-0.39, 0.29) is 30.1 Å². The minimum atomic E-state index is -0.521. The van der Waals surface area contributed by atoms with E-state index in [1.165, 1.54) is 29.8 Å². The van der Waals surface area contributed by atoms with Crippen molar-refractivity contribution in [1.29, 1.82) is 0 Å². The Balaban J connectivity index is 1.47. The predicted octanol–water partition coefficient (Wildman–Crippen LogP) is 2.17. The van der Waals surface area contributed by atoms with Gasteiger partial charge in [-0.1, -0.05) is 17.8 Å². The molecule has 0 aromatic heterocycles. The number of methoxy groups -OCH3 is 1. The number of hydrogen-bond donors (Lipinski definition) is 1. The number of nitrogens with one attached hydrogen (secondary N) is 1. The van der Waals surface area contributed by atoms with Gasteiger partial charge in [0.15, 0.2) is 0 Å². The molecule has 1 saturated carbocycles. The molecule has 1 heterocycles. The van der Waals surface area contributed by atoms with Gasteiger partial charge in [0.05, 0.1) is 36.1 Å². The van der Waals surface area contributed by atoms with E-state index in [0.29, 0.717) is 29.2 Å². The van der Waals surface area contributed by atoms with Gasteiger partial charge >= 0.3 is 11.9 Å². The lowest BCUT2D eigenvalue weighted by Gasteiger charge is -2.16. The number of rotatable bonds is 8. The average molecular weight is 418 g/mol. The van der Waals surface area contributed by atoms with Crippen LogP contribution in [0.2, 0.25) is 0 Å². The van der Waals surface area contributed by atoms with Crippen LogP contribution in [0.1, 0.15) is 29.6 Å². The summed E-state index contributed by atoms with van der Waals surface area (Å²) in [4.78, 5) is 48.9.